The highest BCUT2D eigenvalue weighted by molar-refractivity contribution is 7.90. The Morgan fingerprint density at radius 3 is 2.55 bits per heavy atom. The van der Waals surface area contributed by atoms with Gasteiger partial charge in [-0.3, -0.25) is 23.9 Å². The number of ether oxygens (including phenoxy) is 4. The molecule has 326 valence electrons. The minimum absolute atomic E-state index is 0.0264. The van der Waals surface area contributed by atoms with Crippen LogP contribution in [0.2, 0.25) is 0 Å². The summed E-state index contributed by atoms with van der Waals surface area (Å²) in [6, 6.07) is 4.67. The topological polar surface area (TPSA) is 171 Å². The molecule has 4 heterocycles. The number of allylic oxidation sites excluding steroid dienone is 1. The number of fused-ring (bicyclic) bond motifs is 5. The zero-order valence-corrected chi connectivity index (χ0v) is 35.8. The number of carbonyl (C=O) groups excluding carboxylic acids is 4. The number of benzene rings is 1. The van der Waals surface area contributed by atoms with Gasteiger partial charge in [0, 0.05) is 62.4 Å². The fraction of sp³-hybridized carbons (Fsp3) is 0.667. The molecule has 6 atom stereocenters. The van der Waals surface area contributed by atoms with Crippen LogP contribution in [0.3, 0.4) is 0 Å². The predicted octanol–water partition coefficient (Wildman–Crippen LogP) is 5.29. The van der Waals surface area contributed by atoms with E-state index in [9.17, 15) is 22.8 Å². The van der Waals surface area contributed by atoms with Crippen LogP contribution < -0.4 is 18.9 Å². The van der Waals surface area contributed by atoms with Crippen LogP contribution in [0.5, 0.6) is 17.4 Å². The number of rotatable bonds is 11. The van der Waals surface area contributed by atoms with Crippen LogP contribution in [0.1, 0.15) is 102 Å². The fourth-order valence-corrected chi connectivity index (χ4v) is 11.6. The molecule has 3 aliphatic heterocycles. The zero-order valence-electron chi connectivity index (χ0n) is 35.0. The second-order valence-corrected chi connectivity index (χ2v) is 19.8. The maximum atomic E-state index is 15.2. The van der Waals surface area contributed by atoms with E-state index in [2.05, 4.69) is 11.3 Å². The third-order valence-corrected chi connectivity index (χ3v) is 15.6. The van der Waals surface area contributed by atoms with Gasteiger partial charge in [-0.15, -0.1) is 6.58 Å². The van der Waals surface area contributed by atoms with Gasteiger partial charge in [0.2, 0.25) is 33.6 Å². The Morgan fingerprint density at radius 2 is 1.83 bits per heavy atom. The molecule has 5 fully saturated rings. The normalized spacial score (nSPS) is 29.3. The Kier molecular flexibility index (Phi) is 12.5. The number of ketones is 1. The average Bonchev–Trinajstić information content (AvgIpc) is 4.18. The first-order valence-electron chi connectivity index (χ1n) is 22.1. The number of sulfonamides is 1. The number of piperidine rings is 1. The van der Waals surface area contributed by atoms with E-state index in [-0.39, 0.29) is 61.8 Å². The quantitative estimate of drug-likeness (QED) is 0.292. The van der Waals surface area contributed by atoms with Crippen LogP contribution in [-0.2, 0) is 40.4 Å². The number of nitrogens with one attached hydrogen (secondary N) is 1. The molecule has 3 aliphatic carbocycles. The van der Waals surface area contributed by atoms with Gasteiger partial charge >= 0.3 is 0 Å². The minimum Gasteiger partial charge on any atom is -0.496 e. The second kappa shape index (κ2) is 17.6. The van der Waals surface area contributed by atoms with E-state index in [4.69, 9.17) is 23.9 Å². The van der Waals surface area contributed by atoms with Crippen LogP contribution in [0.25, 0.3) is 10.9 Å². The molecule has 2 aromatic rings. The summed E-state index contributed by atoms with van der Waals surface area (Å²) < 4.78 is 53.0. The Hall–Kier alpha value is -4.24. The van der Waals surface area contributed by atoms with Crippen molar-refractivity contribution in [3.63, 3.8) is 0 Å². The number of hydrogen-bond donors (Lipinski definition) is 1. The lowest BCUT2D eigenvalue weighted by Gasteiger charge is -2.37. The summed E-state index contributed by atoms with van der Waals surface area (Å²) >= 11 is 0. The highest BCUT2D eigenvalue weighted by Crippen LogP contribution is 2.57. The Bertz CT molecular complexity index is 2100. The molecule has 15 heteroatoms. The van der Waals surface area contributed by atoms with Crippen molar-refractivity contribution in [2.75, 3.05) is 40.0 Å². The monoisotopic (exact) mass is 848 g/mol. The number of amides is 3. The van der Waals surface area contributed by atoms with Crippen molar-refractivity contribution in [2.45, 2.75) is 127 Å². The molecule has 6 bridgehead atoms. The molecule has 0 unspecified atom stereocenters. The van der Waals surface area contributed by atoms with E-state index in [1.807, 2.05) is 24.0 Å². The van der Waals surface area contributed by atoms with Crippen molar-refractivity contribution in [1.29, 1.82) is 0 Å². The highest BCUT2D eigenvalue weighted by atomic mass is 32.2. The summed E-state index contributed by atoms with van der Waals surface area (Å²) in [6.07, 6.45) is 9.72. The van der Waals surface area contributed by atoms with Crippen molar-refractivity contribution in [1.82, 2.24) is 19.5 Å². The molecular formula is C45H60N4O10S. The number of aryl methyl sites for hydroxylation is 1. The largest absolute Gasteiger partial charge is 0.496 e. The molecule has 1 aromatic heterocycles. The molecule has 1 N–H and O–H groups in total. The number of pyridine rings is 1. The molecule has 3 amide bonds. The van der Waals surface area contributed by atoms with E-state index in [0.717, 1.165) is 62.3 Å². The second-order valence-electron chi connectivity index (χ2n) is 17.9. The predicted molar refractivity (Wildman–Crippen MR) is 223 cm³/mol. The van der Waals surface area contributed by atoms with E-state index in [1.54, 1.807) is 24.2 Å². The Labute approximate surface area is 353 Å². The van der Waals surface area contributed by atoms with E-state index < -0.39 is 50.6 Å². The fourth-order valence-electron chi connectivity index (χ4n) is 10.2. The number of aromatic nitrogens is 1. The van der Waals surface area contributed by atoms with Crippen LogP contribution in [0.15, 0.2) is 30.9 Å². The SMILES string of the molecule is C=C[C@H]1C[C@]1(CC(=O)[C@@H]1C[C@@H]2CN1C(=O)[C@H](C1CCCCC1)CC(=O)N1CCC[C@H](C1)OCCCc1cc3c(cc(OCC)nc3cc1OC)O2)C(=O)NS(=O)(=O)C1CC1. The Balaban J connectivity index is 1.17. The zero-order chi connectivity index (χ0) is 42.2. The average molecular weight is 849 g/mol. The van der Waals surface area contributed by atoms with Gasteiger partial charge in [0.05, 0.1) is 48.6 Å². The lowest BCUT2D eigenvalue weighted by molar-refractivity contribution is -0.148. The number of carbonyl (C=O) groups is 4. The summed E-state index contributed by atoms with van der Waals surface area (Å²) in [6.45, 7) is 7.79. The number of hydrogen-bond acceptors (Lipinski definition) is 11. The van der Waals surface area contributed by atoms with Gasteiger partial charge in [0.15, 0.2) is 5.78 Å². The van der Waals surface area contributed by atoms with E-state index in [0.29, 0.717) is 68.5 Å². The van der Waals surface area contributed by atoms with Gasteiger partial charge in [0.25, 0.3) is 0 Å². The molecule has 8 rings (SSSR count). The van der Waals surface area contributed by atoms with Gasteiger partial charge in [0.1, 0.15) is 17.6 Å². The third kappa shape index (κ3) is 8.89. The van der Waals surface area contributed by atoms with Crippen LogP contribution in [0.4, 0.5) is 0 Å². The number of Topliss-reactive ketones (excluding diaryl/α,β-unsaturated/α-hetero) is 1. The summed E-state index contributed by atoms with van der Waals surface area (Å²) in [5, 5.41) is 0.125. The minimum atomic E-state index is -3.86. The molecule has 0 radical (unpaired) electrons. The van der Waals surface area contributed by atoms with Crippen LogP contribution in [-0.4, -0.2) is 110 Å². The maximum Gasteiger partial charge on any atom is 0.240 e. The van der Waals surface area contributed by atoms with Crippen molar-refractivity contribution >= 4 is 44.4 Å². The highest BCUT2D eigenvalue weighted by Gasteiger charge is 2.61. The number of methoxy groups -OCH3 is 1. The molecule has 3 saturated carbocycles. The first kappa shape index (κ1) is 42.5. The molecule has 14 nitrogen and oxygen atoms in total. The lowest BCUT2D eigenvalue weighted by atomic mass is 9.77. The first-order valence-corrected chi connectivity index (χ1v) is 23.7. The van der Waals surface area contributed by atoms with Crippen LogP contribution in [0, 0.1) is 23.2 Å². The Morgan fingerprint density at radius 1 is 1.03 bits per heavy atom. The van der Waals surface area contributed by atoms with Crippen LogP contribution >= 0.6 is 0 Å². The molecule has 2 saturated heterocycles. The van der Waals surface area contributed by atoms with Crippen molar-refractivity contribution in [3.05, 3.63) is 36.4 Å². The summed E-state index contributed by atoms with van der Waals surface area (Å²) in [4.78, 5) is 66.2. The summed E-state index contributed by atoms with van der Waals surface area (Å²) in [5.74, 6) is -0.913. The standard InChI is InChI=1S/C45H60N4O10S/c1-4-30-24-45(30,44(53)47-60(54,55)33-15-16-33)25-38(50)37-20-32-27-49(37)43(52)34(28-11-7-6-8-12-28)21-42(51)48-17-9-14-31(26-48)58-18-10-13-29-19-35-36(22-39(29)56-3)46-41(57-5-2)23-40(35)59-32/h4,19,22-23,28,30-34,37H,1,5-18,20-21,24-27H2,2-3H3,(H,47,53)/t30-,31+,32+,34-,37-,45+/m0/s1. The third-order valence-electron chi connectivity index (χ3n) is 13.8. The van der Waals surface area contributed by atoms with Crippen molar-refractivity contribution in [2.24, 2.45) is 23.2 Å². The molecule has 0 spiro atoms. The molecule has 6 aliphatic rings. The van der Waals surface area contributed by atoms with E-state index in [1.165, 1.54) is 0 Å². The summed E-state index contributed by atoms with van der Waals surface area (Å²) in [5.41, 5.74) is 0.269. The smallest absolute Gasteiger partial charge is 0.240 e. The number of nitrogens with zero attached hydrogens (tertiary/aromatic N) is 3. The first-order chi connectivity index (χ1) is 28.9. The molecular weight excluding hydrogens is 789 g/mol. The van der Waals surface area contributed by atoms with Gasteiger partial charge in [-0.05, 0) is 88.2 Å². The van der Waals surface area contributed by atoms with Crippen molar-refractivity contribution < 1.29 is 46.5 Å². The molecule has 60 heavy (non-hydrogen) atoms. The van der Waals surface area contributed by atoms with Gasteiger partial charge in [-0.2, -0.15) is 0 Å². The van der Waals surface area contributed by atoms with E-state index >= 15 is 4.79 Å². The summed E-state index contributed by atoms with van der Waals surface area (Å²) in [7, 11) is -2.24. The van der Waals surface area contributed by atoms with Gasteiger partial charge in [-0.1, -0.05) is 25.3 Å². The lowest BCUT2D eigenvalue weighted by Crippen LogP contribution is -2.49. The van der Waals surface area contributed by atoms with Gasteiger partial charge < -0.3 is 28.7 Å². The van der Waals surface area contributed by atoms with Gasteiger partial charge in [-0.25, -0.2) is 13.4 Å². The molecule has 1 aromatic carbocycles. The van der Waals surface area contributed by atoms with Crippen molar-refractivity contribution in [3.8, 4) is 17.4 Å². The maximum absolute atomic E-state index is 15.2.